The number of aryl methyl sites for hydroxylation is 1. The monoisotopic (exact) mass is 301 g/mol. The van der Waals surface area contributed by atoms with E-state index >= 15 is 0 Å². The molecule has 2 aromatic rings. The third-order valence-electron chi connectivity index (χ3n) is 3.50. The van der Waals surface area contributed by atoms with E-state index in [-0.39, 0.29) is 17.9 Å². The first kappa shape index (κ1) is 13.8. The van der Waals surface area contributed by atoms with Crippen molar-refractivity contribution in [3.8, 4) is 0 Å². The Hall–Kier alpha value is -2.21. The van der Waals surface area contributed by atoms with Crippen molar-refractivity contribution in [2.75, 3.05) is 11.4 Å². The van der Waals surface area contributed by atoms with Crippen LogP contribution in [0.3, 0.4) is 0 Å². The molecule has 0 unspecified atom stereocenters. The second kappa shape index (κ2) is 5.29. The molecule has 0 saturated heterocycles. The number of benzene rings is 1. The maximum Gasteiger partial charge on any atom is 0.261 e. The SMILES string of the molecule is Cc1nscc1C(=O)N1C[C@H](C)NC(=O)c2ccccc21. The van der Waals surface area contributed by atoms with Gasteiger partial charge in [0.2, 0.25) is 0 Å². The molecule has 1 aromatic carbocycles. The second-order valence-corrected chi connectivity index (χ2v) is 5.75. The standard InChI is InChI=1S/C15H15N3O2S/c1-9-7-18(15(20)12-8-21-17-10(12)2)13-6-4-3-5-11(13)14(19)16-9/h3-6,8-9H,7H2,1-2H3,(H,16,19)/t9-/m0/s1. The molecule has 1 N–H and O–H groups in total. The van der Waals surface area contributed by atoms with E-state index in [9.17, 15) is 9.59 Å². The number of fused-ring (bicyclic) bond motifs is 1. The molecule has 3 rings (SSSR count). The number of amides is 2. The summed E-state index contributed by atoms with van der Waals surface area (Å²) < 4.78 is 4.16. The summed E-state index contributed by atoms with van der Waals surface area (Å²) in [6.07, 6.45) is 0. The van der Waals surface area contributed by atoms with Gasteiger partial charge in [-0.1, -0.05) is 12.1 Å². The first-order valence-corrected chi connectivity index (χ1v) is 7.54. The molecule has 0 fully saturated rings. The van der Waals surface area contributed by atoms with E-state index in [1.54, 1.807) is 28.5 Å². The normalized spacial score (nSPS) is 17.9. The van der Waals surface area contributed by atoms with E-state index in [0.717, 1.165) is 5.69 Å². The van der Waals surface area contributed by atoms with Crippen LogP contribution in [0.15, 0.2) is 29.6 Å². The minimum absolute atomic E-state index is 0.110. The summed E-state index contributed by atoms with van der Waals surface area (Å²) in [5.74, 6) is -0.259. The summed E-state index contributed by atoms with van der Waals surface area (Å²) in [6.45, 7) is 4.15. The van der Waals surface area contributed by atoms with Gasteiger partial charge in [-0.25, -0.2) is 0 Å². The zero-order chi connectivity index (χ0) is 15.0. The lowest BCUT2D eigenvalue weighted by Gasteiger charge is -2.23. The van der Waals surface area contributed by atoms with Gasteiger partial charge >= 0.3 is 0 Å². The Labute approximate surface area is 126 Å². The summed E-state index contributed by atoms with van der Waals surface area (Å²) in [4.78, 5) is 26.6. The maximum absolute atomic E-state index is 12.8. The van der Waals surface area contributed by atoms with Gasteiger partial charge in [-0.05, 0) is 37.5 Å². The molecule has 1 aliphatic rings. The summed E-state index contributed by atoms with van der Waals surface area (Å²) >= 11 is 1.27. The Balaban J connectivity index is 2.08. The Morgan fingerprint density at radius 1 is 1.43 bits per heavy atom. The van der Waals surface area contributed by atoms with Crippen LogP contribution in [0.5, 0.6) is 0 Å². The number of para-hydroxylation sites is 1. The first-order valence-electron chi connectivity index (χ1n) is 6.70. The van der Waals surface area contributed by atoms with Crippen molar-refractivity contribution in [2.24, 2.45) is 0 Å². The van der Waals surface area contributed by atoms with Crippen LogP contribution in [0.25, 0.3) is 0 Å². The molecule has 0 saturated carbocycles. The van der Waals surface area contributed by atoms with Gasteiger partial charge in [-0.15, -0.1) is 0 Å². The number of aromatic nitrogens is 1. The van der Waals surface area contributed by atoms with Crippen LogP contribution in [-0.4, -0.2) is 28.8 Å². The molecule has 0 bridgehead atoms. The van der Waals surface area contributed by atoms with Crippen molar-refractivity contribution in [3.63, 3.8) is 0 Å². The highest BCUT2D eigenvalue weighted by Crippen LogP contribution is 2.26. The molecule has 1 atom stereocenters. The average molecular weight is 301 g/mol. The molecule has 0 radical (unpaired) electrons. The fourth-order valence-electron chi connectivity index (χ4n) is 2.46. The molecule has 1 aromatic heterocycles. The zero-order valence-corrected chi connectivity index (χ0v) is 12.6. The molecular formula is C15H15N3O2S. The largest absolute Gasteiger partial charge is 0.348 e. The fraction of sp³-hybridized carbons (Fsp3) is 0.267. The summed E-state index contributed by atoms with van der Waals surface area (Å²) in [5.41, 5.74) is 2.49. The van der Waals surface area contributed by atoms with Crippen LogP contribution in [0, 0.1) is 6.92 Å². The molecule has 108 valence electrons. The Morgan fingerprint density at radius 2 is 2.19 bits per heavy atom. The smallest absolute Gasteiger partial charge is 0.261 e. The van der Waals surface area contributed by atoms with Crippen LogP contribution in [0.1, 0.15) is 33.3 Å². The summed E-state index contributed by atoms with van der Waals surface area (Å²) in [5, 5.41) is 4.65. The second-order valence-electron chi connectivity index (χ2n) is 5.12. The minimum atomic E-state index is -0.145. The highest BCUT2D eigenvalue weighted by Gasteiger charge is 2.29. The molecule has 0 spiro atoms. The third kappa shape index (κ3) is 2.42. The van der Waals surface area contributed by atoms with Gasteiger partial charge in [0.15, 0.2) is 0 Å². The van der Waals surface area contributed by atoms with E-state index in [4.69, 9.17) is 0 Å². The molecule has 1 aliphatic heterocycles. The predicted molar refractivity (Wildman–Crippen MR) is 81.9 cm³/mol. The number of carbonyl (C=O) groups is 2. The first-order chi connectivity index (χ1) is 10.1. The lowest BCUT2D eigenvalue weighted by molar-refractivity contribution is 0.0939. The lowest BCUT2D eigenvalue weighted by atomic mass is 10.1. The van der Waals surface area contributed by atoms with Crippen molar-refractivity contribution in [2.45, 2.75) is 19.9 Å². The number of anilines is 1. The average Bonchev–Trinajstić information content (AvgIpc) is 2.84. The number of rotatable bonds is 1. The van der Waals surface area contributed by atoms with Crippen LogP contribution in [-0.2, 0) is 0 Å². The Kier molecular flexibility index (Phi) is 3.47. The third-order valence-corrected chi connectivity index (χ3v) is 4.22. The number of hydrogen-bond acceptors (Lipinski definition) is 4. The number of nitrogens with one attached hydrogen (secondary N) is 1. The van der Waals surface area contributed by atoms with Gasteiger partial charge in [0.25, 0.3) is 11.8 Å². The van der Waals surface area contributed by atoms with Gasteiger partial charge in [-0.3, -0.25) is 9.59 Å². The molecule has 6 heteroatoms. The number of carbonyl (C=O) groups excluding carboxylic acids is 2. The molecule has 0 aliphatic carbocycles. The van der Waals surface area contributed by atoms with Crippen molar-refractivity contribution >= 4 is 29.0 Å². The van der Waals surface area contributed by atoms with Gasteiger partial charge in [0, 0.05) is 18.0 Å². The van der Waals surface area contributed by atoms with E-state index < -0.39 is 0 Å². The van der Waals surface area contributed by atoms with Gasteiger partial charge in [-0.2, -0.15) is 4.37 Å². The Bertz CT molecular complexity index is 710. The maximum atomic E-state index is 12.8. The summed E-state index contributed by atoms with van der Waals surface area (Å²) in [7, 11) is 0. The van der Waals surface area contributed by atoms with E-state index in [1.807, 2.05) is 19.9 Å². The molecule has 5 nitrogen and oxygen atoms in total. The van der Waals surface area contributed by atoms with Crippen LogP contribution in [0.2, 0.25) is 0 Å². The van der Waals surface area contributed by atoms with Crippen LogP contribution in [0.4, 0.5) is 5.69 Å². The van der Waals surface area contributed by atoms with Crippen molar-refractivity contribution < 1.29 is 9.59 Å². The molecule has 2 heterocycles. The van der Waals surface area contributed by atoms with Gasteiger partial charge in [0.1, 0.15) is 0 Å². The zero-order valence-electron chi connectivity index (χ0n) is 11.8. The van der Waals surface area contributed by atoms with Crippen LogP contribution >= 0.6 is 11.5 Å². The highest BCUT2D eigenvalue weighted by atomic mass is 32.1. The van der Waals surface area contributed by atoms with E-state index in [1.165, 1.54) is 11.5 Å². The van der Waals surface area contributed by atoms with Gasteiger partial charge in [0.05, 0.1) is 22.5 Å². The summed E-state index contributed by atoms with van der Waals surface area (Å²) in [6, 6.07) is 7.07. The van der Waals surface area contributed by atoms with Crippen LogP contribution < -0.4 is 10.2 Å². The van der Waals surface area contributed by atoms with Gasteiger partial charge < -0.3 is 10.2 Å². The number of nitrogens with zero attached hydrogens (tertiary/aromatic N) is 2. The van der Waals surface area contributed by atoms with Crippen molar-refractivity contribution in [1.29, 1.82) is 0 Å². The molecule has 2 amide bonds. The highest BCUT2D eigenvalue weighted by molar-refractivity contribution is 7.04. The van der Waals surface area contributed by atoms with E-state index in [0.29, 0.717) is 23.4 Å². The number of hydrogen-bond donors (Lipinski definition) is 1. The van der Waals surface area contributed by atoms with Crippen molar-refractivity contribution in [3.05, 3.63) is 46.5 Å². The fourth-order valence-corrected chi connectivity index (χ4v) is 3.14. The van der Waals surface area contributed by atoms with Crippen molar-refractivity contribution in [1.82, 2.24) is 9.69 Å². The minimum Gasteiger partial charge on any atom is -0.348 e. The topological polar surface area (TPSA) is 62.3 Å². The molecular weight excluding hydrogens is 286 g/mol. The predicted octanol–water partition coefficient (Wildman–Crippen LogP) is 2.23. The Morgan fingerprint density at radius 3 is 2.90 bits per heavy atom. The lowest BCUT2D eigenvalue weighted by Crippen LogP contribution is -2.41. The van der Waals surface area contributed by atoms with E-state index in [2.05, 4.69) is 9.69 Å². The quantitative estimate of drug-likeness (QED) is 0.878. The molecule has 21 heavy (non-hydrogen) atoms.